The van der Waals surface area contributed by atoms with E-state index in [1.54, 1.807) is 34.1 Å². The van der Waals surface area contributed by atoms with Gasteiger partial charge in [-0.1, -0.05) is 237 Å². The van der Waals surface area contributed by atoms with Crippen LogP contribution in [-0.2, 0) is 22.4 Å². The van der Waals surface area contributed by atoms with Crippen LogP contribution >= 0.6 is 0 Å². The molecule has 120 heavy (non-hydrogen) atoms. The minimum Gasteiger partial charge on any atom is -0.456 e. The van der Waals surface area contributed by atoms with Crippen molar-refractivity contribution >= 4 is 101 Å². The van der Waals surface area contributed by atoms with Gasteiger partial charge in [0.2, 0.25) is 0 Å². The summed E-state index contributed by atoms with van der Waals surface area (Å²) in [5.74, 6) is -1.64. The zero-order valence-corrected chi connectivity index (χ0v) is 69.3. The number of fused-ring (bicyclic) bond motifs is 2. The maximum atomic E-state index is 17.3. The van der Waals surface area contributed by atoms with Crippen molar-refractivity contribution in [3.63, 3.8) is 0 Å². The van der Waals surface area contributed by atoms with Crippen molar-refractivity contribution in [2.75, 3.05) is 9.80 Å². The monoisotopic (exact) mass is 1580 g/mol. The standard InChI is InChI=1S/C106H92N4O10/c1-61(2)71-43-47-85(65(9)51-71)117-89-57-79-93-80(102(112)109(101(79)111)83(55-69-31-19-13-20-32-69)105(115)107(75-35-23-15-24-36-75)76-37-25-16-26-38-76)59-91(119-87-49-45-73(63(5)6)53-67(87)11)97-98-92(120-88-50-46-74(64(7)8)54-68(88)12)60-82-94-81(58-90(96(100(94)98)95(89)99(93)97)118-86-48-44-72(62(3)4)52-66(86)10)103(113)110(104(82)114)84(56-70-33-21-14-22-34-70)106(116)108(77-39-27-17-28-40-77)78-41-29-18-30-42-78/h13-54,57-64,83-84H,55-56H2,1-12H3. The summed E-state index contributed by atoms with van der Waals surface area (Å²) in [6, 6.07) is 83.2. The first-order valence-corrected chi connectivity index (χ1v) is 41.2. The fraction of sp³-hybridized carbons (Fsp3) is 0.189. The number of rotatable bonds is 24. The maximum Gasteiger partial charge on any atom is 0.262 e. The second-order valence-electron chi connectivity index (χ2n) is 32.9. The average molecular weight is 1580 g/mol. The Hall–Kier alpha value is -14.0. The number of anilines is 4. The van der Waals surface area contributed by atoms with Gasteiger partial charge in [-0.3, -0.25) is 48.4 Å². The highest BCUT2D eigenvalue weighted by molar-refractivity contribution is 6.45. The van der Waals surface area contributed by atoms with Crippen LogP contribution in [0.15, 0.2) is 279 Å². The quantitative estimate of drug-likeness (QED) is 0.0325. The number of carbonyl (C=O) groups is 6. The molecule has 0 saturated heterocycles. The van der Waals surface area contributed by atoms with Crippen LogP contribution in [0.2, 0.25) is 0 Å². The molecule has 2 aliphatic heterocycles. The van der Waals surface area contributed by atoms with Crippen LogP contribution in [0.25, 0.3) is 43.1 Å². The van der Waals surface area contributed by atoms with Crippen molar-refractivity contribution in [3.8, 4) is 46.0 Å². The second kappa shape index (κ2) is 32.1. The van der Waals surface area contributed by atoms with Gasteiger partial charge in [-0.05, 0) is 204 Å². The number of aryl methyl sites for hydroxylation is 4. The van der Waals surface area contributed by atoms with Gasteiger partial charge in [0.15, 0.2) is 0 Å². The largest absolute Gasteiger partial charge is 0.456 e. The normalized spacial score (nSPS) is 13.2. The highest BCUT2D eigenvalue weighted by Crippen LogP contribution is 2.59. The smallest absolute Gasteiger partial charge is 0.262 e. The molecule has 14 heteroatoms. The second-order valence-corrected chi connectivity index (χ2v) is 32.9. The van der Waals surface area contributed by atoms with Crippen LogP contribution in [-0.4, -0.2) is 57.3 Å². The molecular formula is C106H92N4O10. The van der Waals surface area contributed by atoms with E-state index >= 15 is 28.8 Å². The van der Waals surface area contributed by atoms with E-state index in [1.165, 1.54) is 0 Å². The maximum absolute atomic E-state index is 17.3. The zero-order valence-electron chi connectivity index (χ0n) is 69.3. The third-order valence-corrected chi connectivity index (χ3v) is 23.5. The molecule has 2 heterocycles. The summed E-state index contributed by atoms with van der Waals surface area (Å²) in [4.78, 5) is 108. The van der Waals surface area contributed by atoms with Crippen molar-refractivity contribution in [1.29, 1.82) is 0 Å². The lowest BCUT2D eigenvalue weighted by atomic mass is 9.80. The lowest BCUT2D eigenvalue weighted by Crippen LogP contribution is -2.55. The molecule has 0 spiro atoms. The first kappa shape index (κ1) is 78.5. The van der Waals surface area contributed by atoms with Gasteiger partial charge in [-0.15, -0.1) is 0 Å². The lowest BCUT2D eigenvalue weighted by Gasteiger charge is -2.38. The third kappa shape index (κ3) is 14.3. The van der Waals surface area contributed by atoms with Gasteiger partial charge in [0.25, 0.3) is 35.4 Å². The number of ether oxygens (including phenoxy) is 4. The van der Waals surface area contributed by atoms with Gasteiger partial charge in [0.1, 0.15) is 58.1 Å². The Morgan fingerprint density at radius 1 is 0.267 bits per heavy atom. The Morgan fingerprint density at radius 3 is 0.692 bits per heavy atom. The molecule has 0 N–H and O–H groups in total. The van der Waals surface area contributed by atoms with E-state index in [0.717, 1.165) is 54.3 Å². The minimum atomic E-state index is -1.50. The van der Waals surface area contributed by atoms with Crippen LogP contribution < -0.4 is 28.7 Å². The first-order valence-electron chi connectivity index (χ1n) is 41.2. The van der Waals surface area contributed by atoms with Crippen LogP contribution in [0.5, 0.6) is 46.0 Å². The highest BCUT2D eigenvalue weighted by atomic mass is 16.5. The topological polar surface area (TPSA) is 152 Å². The molecule has 14 nitrogen and oxygen atoms in total. The Balaban J connectivity index is 1.03. The van der Waals surface area contributed by atoms with Crippen molar-refractivity contribution in [2.24, 2.45) is 0 Å². The van der Waals surface area contributed by atoms with Crippen molar-refractivity contribution in [2.45, 2.75) is 132 Å². The molecule has 0 bridgehead atoms. The fourth-order valence-electron chi connectivity index (χ4n) is 17.2. The summed E-state index contributed by atoms with van der Waals surface area (Å²) < 4.78 is 30.7. The average Bonchev–Trinajstić information content (AvgIpc) is 0.669. The molecule has 0 saturated carbocycles. The molecule has 0 radical (unpaired) electrons. The zero-order chi connectivity index (χ0) is 83.6. The number of nitrogens with zero attached hydrogens (tertiary/aromatic N) is 4. The van der Waals surface area contributed by atoms with E-state index in [0.29, 0.717) is 89.2 Å². The van der Waals surface area contributed by atoms with E-state index in [1.807, 2.05) is 258 Å². The van der Waals surface area contributed by atoms with E-state index in [9.17, 15) is 0 Å². The summed E-state index contributed by atoms with van der Waals surface area (Å²) in [7, 11) is 0. The summed E-state index contributed by atoms with van der Waals surface area (Å²) in [6.07, 6.45) is -0.190. The van der Waals surface area contributed by atoms with Crippen molar-refractivity contribution in [3.05, 3.63) is 357 Å². The van der Waals surface area contributed by atoms with Gasteiger partial charge in [-0.25, -0.2) is 0 Å². The summed E-state index contributed by atoms with van der Waals surface area (Å²) >= 11 is 0. The van der Waals surface area contributed by atoms with E-state index in [4.69, 9.17) is 18.9 Å². The first-order chi connectivity index (χ1) is 58.0. The molecule has 2 aliphatic rings. The Bertz CT molecular complexity index is 5840. The van der Waals surface area contributed by atoms with E-state index in [-0.39, 0.29) is 92.5 Å². The summed E-state index contributed by atoms with van der Waals surface area (Å²) in [5, 5.41) is 2.26. The summed E-state index contributed by atoms with van der Waals surface area (Å²) in [6.45, 7) is 24.8. The molecule has 2 unspecified atom stereocenters. The molecule has 0 fully saturated rings. The molecule has 15 aromatic carbocycles. The molecule has 596 valence electrons. The van der Waals surface area contributed by atoms with Gasteiger partial charge in [0, 0.05) is 78.7 Å². The molecule has 0 aliphatic carbocycles. The third-order valence-electron chi connectivity index (χ3n) is 23.5. The van der Waals surface area contributed by atoms with Crippen LogP contribution in [0.3, 0.4) is 0 Å². The molecule has 15 aromatic rings. The number of hydrogen-bond donors (Lipinski definition) is 0. The van der Waals surface area contributed by atoms with Crippen molar-refractivity contribution < 1.29 is 47.7 Å². The SMILES string of the molecule is Cc1cc(C(C)C)ccc1Oc1cc2c3c(cc(Oc4ccc(C(C)C)cc4C)c4c5c(Oc6ccc(C(C)C)cc6C)cc6c7c(cc(Oc8ccc(C(C)C)cc8C)c(c1c34)c75)C(=O)N(C(Cc1ccccc1)C(=O)N(c1ccccc1)c1ccccc1)C6=O)C(=O)N(C(Cc1ccccc1)C(=O)N(c1ccccc1)c1ccccc1)C2=O. The van der Waals surface area contributed by atoms with Crippen LogP contribution in [0.4, 0.5) is 22.7 Å². The van der Waals surface area contributed by atoms with Gasteiger partial charge in [0.05, 0.1) is 22.3 Å². The number of hydrogen-bond acceptors (Lipinski definition) is 10. The van der Waals surface area contributed by atoms with Crippen LogP contribution in [0.1, 0.15) is 176 Å². The number of amides is 6. The van der Waals surface area contributed by atoms with E-state index < -0.39 is 47.5 Å². The predicted molar refractivity (Wildman–Crippen MR) is 478 cm³/mol. The minimum absolute atomic E-state index is 0.0197. The highest BCUT2D eigenvalue weighted by Gasteiger charge is 2.48. The number of carbonyl (C=O) groups excluding carboxylic acids is 6. The van der Waals surface area contributed by atoms with E-state index in [2.05, 4.69) is 79.7 Å². The molecule has 17 rings (SSSR count). The summed E-state index contributed by atoms with van der Waals surface area (Å²) in [5.41, 5.74) is 10.7. The Kier molecular flexibility index (Phi) is 21.0. The van der Waals surface area contributed by atoms with Gasteiger partial charge >= 0.3 is 0 Å². The molecule has 6 amide bonds. The molecule has 0 aromatic heterocycles. The number of imide groups is 2. The fourth-order valence-corrected chi connectivity index (χ4v) is 17.2. The number of benzene rings is 15. The van der Waals surface area contributed by atoms with Gasteiger partial charge in [-0.2, -0.15) is 0 Å². The predicted octanol–water partition coefficient (Wildman–Crippen LogP) is 25.8. The van der Waals surface area contributed by atoms with Gasteiger partial charge < -0.3 is 18.9 Å². The Labute approximate surface area is 699 Å². The molecule has 2 atom stereocenters. The Morgan fingerprint density at radius 2 is 0.483 bits per heavy atom. The van der Waals surface area contributed by atoms with Crippen molar-refractivity contribution in [1.82, 2.24) is 9.80 Å². The van der Waals surface area contributed by atoms with Crippen LogP contribution in [0, 0.1) is 27.7 Å². The lowest BCUT2D eigenvalue weighted by molar-refractivity contribution is -0.122. The molecular weight excluding hydrogens is 1490 g/mol. The number of para-hydroxylation sites is 4.